The Balaban J connectivity index is 1.17. The van der Waals surface area contributed by atoms with Gasteiger partial charge in [0.1, 0.15) is 9.71 Å². The van der Waals surface area contributed by atoms with Gasteiger partial charge in [-0.15, -0.1) is 11.3 Å². The van der Waals surface area contributed by atoms with E-state index in [0.29, 0.717) is 10.6 Å². The minimum Gasteiger partial charge on any atom is -0.397 e. The molecule has 2 saturated heterocycles. The molecule has 4 heterocycles. The molecule has 1 amide bonds. The lowest BCUT2D eigenvalue weighted by molar-refractivity contribution is 0.0938. The van der Waals surface area contributed by atoms with Gasteiger partial charge in [-0.2, -0.15) is 0 Å². The maximum Gasteiger partial charge on any atom is 0.263 e. The molecule has 6 heteroatoms. The van der Waals surface area contributed by atoms with Crippen LogP contribution in [0.1, 0.15) is 58.6 Å². The summed E-state index contributed by atoms with van der Waals surface area (Å²) in [5, 5.41) is 4.11. The van der Waals surface area contributed by atoms with Gasteiger partial charge in [-0.1, -0.05) is 6.07 Å². The van der Waals surface area contributed by atoms with Crippen molar-refractivity contribution in [1.82, 2.24) is 10.3 Å². The van der Waals surface area contributed by atoms with E-state index in [1.54, 1.807) is 0 Å². The first kappa shape index (κ1) is 19.1. The fourth-order valence-electron chi connectivity index (χ4n) is 5.76. The number of nitrogen functional groups attached to an aromatic ring is 1. The Kier molecular flexibility index (Phi) is 4.46. The number of aromatic nitrogens is 1. The zero-order chi connectivity index (χ0) is 21.1. The number of anilines is 2. The minimum absolute atomic E-state index is 0.0726. The average Bonchev–Trinajstić information content (AvgIpc) is 3.10. The summed E-state index contributed by atoms with van der Waals surface area (Å²) < 4.78 is 0. The number of aryl methyl sites for hydroxylation is 2. The first-order valence-electron chi connectivity index (χ1n) is 11.4. The van der Waals surface area contributed by atoms with Gasteiger partial charge in [-0.3, -0.25) is 4.79 Å². The van der Waals surface area contributed by atoms with Crippen molar-refractivity contribution >= 4 is 38.8 Å². The van der Waals surface area contributed by atoms with E-state index in [9.17, 15) is 4.79 Å². The van der Waals surface area contributed by atoms with Gasteiger partial charge in [0.05, 0.1) is 5.69 Å². The van der Waals surface area contributed by atoms with E-state index < -0.39 is 0 Å². The number of nitrogens with two attached hydrogens (primary N) is 1. The molecule has 31 heavy (non-hydrogen) atoms. The number of piperidine rings is 1. The number of hydrogen-bond acceptors (Lipinski definition) is 5. The lowest BCUT2D eigenvalue weighted by atomic mass is 9.78. The SMILES string of the molecule is Cc1ccc2c(N)c(C(=O)N[C@H]3CCc4cc(N5C6CCCC5C6)ccc4C3)sc2n1. The average molecular weight is 433 g/mol. The Hall–Kier alpha value is -2.60. The molecule has 0 saturated carbocycles. The maximum absolute atomic E-state index is 13.0. The molecule has 2 fully saturated rings. The number of thiophene rings is 1. The van der Waals surface area contributed by atoms with Crippen LogP contribution < -0.4 is 16.0 Å². The van der Waals surface area contributed by atoms with Crippen LogP contribution in [0.25, 0.3) is 10.2 Å². The lowest BCUT2D eigenvalue weighted by Crippen LogP contribution is -2.59. The first-order chi connectivity index (χ1) is 15.1. The molecule has 3 aromatic rings. The third-order valence-corrected chi connectivity index (χ3v) is 8.51. The number of fused-ring (bicyclic) bond motifs is 4. The van der Waals surface area contributed by atoms with E-state index in [2.05, 4.69) is 33.4 Å². The summed E-state index contributed by atoms with van der Waals surface area (Å²) in [6.07, 6.45) is 8.32. The van der Waals surface area contributed by atoms with Gasteiger partial charge < -0.3 is 16.0 Å². The first-order valence-corrected chi connectivity index (χ1v) is 12.2. The summed E-state index contributed by atoms with van der Waals surface area (Å²) in [5.74, 6) is -0.0726. The van der Waals surface area contributed by atoms with Gasteiger partial charge in [0, 0.05) is 34.9 Å². The van der Waals surface area contributed by atoms with Crippen LogP contribution >= 0.6 is 11.3 Å². The maximum atomic E-state index is 13.0. The van der Waals surface area contributed by atoms with Crippen molar-refractivity contribution in [2.75, 3.05) is 10.6 Å². The van der Waals surface area contributed by atoms with Crippen molar-refractivity contribution in [1.29, 1.82) is 0 Å². The molecule has 6 rings (SSSR count). The van der Waals surface area contributed by atoms with Crippen LogP contribution in [0.3, 0.4) is 0 Å². The second-order valence-electron chi connectivity index (χ2n) is 9.40. The van der Waals surface area contributed by atoms with Crippen LogP contribution in [0, 0.1) is 6.92 Å². The number of benzene rings is 1. The van der Waals surface area contributed by atoms with Gasteiger partial charge in [0.15, 0.2) is 0 Å². The molecule has 2 aliphatic heterocycles. The van der Waals surface area contributed by atoms with Gasteiger partial charge in [-0.05, 0) is 87.3 Å². The van der Waals surface area contributed by atoms with E-state index in [0.717, 1.165) is 47.3 Å². The Morgan fingerprint density at radius 2 is 2.00 bits per heavy atom. The quantitative estimate of drug-likeness (QED) is 0.634. The number of carbonyl (C=O) groups is 1. The molecule has 3 N–H and O–H groups in total. The predicted molar refractivity (Wildman–Crippen MR) is 127 cm³/mol. The fourth-order valence-corrected chi connectivity index (χ4v) is 6.80. The normalized spacial score (nSPS) is 24.5. The third-order valence-electron chi connectivity index (χ3n) is 7.40. The van der Waals surface area contributed by atoms with Crippen molar-refractivity contribution in [3.8, 4) is 0 Å². The van der Waals surface area contributed by atoms with Crippen molar-refractivity contribution in [2.24, 2.45) is 0 Å². The highest BCUT2D eigenvalue weighted by atomic mass is 32.1. The number of hydrogen-bond donors (Lipinski definition) is 2. The molecule has 2 bridgehead atoms. The molecule has 160 valence electrons. The summed E-state index contributed by atoms with van der Waals surface area (Å²) in [4.78, 5) is 21.6. The number of amides is 1. The summed E-state index contributed by atoms with van der Waals surface area (Å²) in [5.41, 5.74) is 12.0. The Morgan fingerprint density at radius 3 is 2.81 bits per heavy atom. The lowest BCUT2D eigenvalue weighted by Gasteiger charge is -2.54. The Labute approximate surface area is 186 Å². The summed E-state index contributed by atoms with van der Waals surface area (Å²) in [7, 11) is 0. The van der Waals surface area contributed by atoms with E-state index in [1.807, 2.05) is 19.1 Å². The van der Waals surface area contributed by atoms with Crippen LogP contribution in [0.4, 0.5) is 11.4 Å². The molecular weight excluding hydrogens is 404 g/mol. The Morgan fingerprint density at radius 1 is 1.16 bits per heavy atom. The predicted octanol–water partition coefficient (Wildman–Crippen LogP) is 4.61. The Bertz CT molecular complexity index is 1170. The molecule has 3 atom stereocenters. The number of nitrogens with one attached hydrogen (secondary N) is 1. The van der Waals surface area contributed by atoms with Crippen molar-refractivity contribution in [3.63, 3.8) is 0 Å². The van der Waals surface area contributed by atoms with E-state index in [4.69, 9.17) is 5.73 Å². The molecular formula is C25H28N4OS. The fraction of sp³-hybridized carbons (Fsp3) is 0.440. The molecule has 5 nitrogen and oxygen atoms in total. The zero-order valence-electron chi connectivity index (χ0n) is 17.9. The van der Waals surface area contributed by atoms with Crippen molar-refractivity contribution < 1.29 is 4.79 Å². The van der Waals surface area contributed by atoms with E-state index in [-0.39, 0.29) is 11.9 Å². The minimum atomic E-state index is -0.0726. The van der Waals surface area contributed by atoms with Crippen LogP contribution in [0.2, 0.25) is 0 Å². The summed E-state index contributed by atoms with van der Waals surface area (Å²) in [6.45, 7) is 1.95. The molecule has 1 aromatic carbocycles. The number of carbonyl (C=O) groups excluding carboxylic acids is 1. The number of pyridine rings is 1. The van der Waals surface area contributed by atoms with E-state index >= 15 is 0 Å². The van der Waals surface area contributed by atoms with Crippen molar-refractivity contribution in [3.05, 3.63) is 52.0 Å². The topological polar surface area (TPSA) is 71.2 Å². The van der Waals surface area contributed by atoms with Gasteiger partial charge in [0.25, 0.3) is 5.91 Å². The number of nitrogens with zero attached hydrogens (tertiary/aromatic N) is 2. The van der Waals surface area contributed by atoms with Crippen LogP contribution in [-0.2, 0) is 12.8 Å². The molecule has 0 spiro atoms. The summed E-state index contributed by atoms with van der Waals surface area (Å²) in [6, 6.07) is 12.6. The van der Waals surface area contributed by atoms with Gasteiger partial charge in [0.2, 0.25) is 0 Å². The highest BCUT2D eigenvalue weighted by Crippen LogP contribution is 2.42. The highest BCUT2D eigenvalue weighted by molar-refractivity contribution is 7.21. The van der Waals surface area contributed by atoms with E-state index in [1.165, 1.54) is 53.8 Å². The zero-order valence-corrected chi connectivity index (χ0v) is 18.7. The second-order valence-corrected chi connectivity index (χ2v) is 10.4. The van der Waals surface area contributed by atoms with Gasteiger partial charge >= 0.3 is 0 Å². The smallest absolute Gasteiger partial charge is 0.263 e. The standard InChI is InChI=1S/C25H28N4OS/c1-14-5-10-21-22(26)23(31-25(21)27-14)24(30)28-17-8-6-16-12-20(9-7-15(16)11-17)29-18-3-2-4-19(29)13-18/h5,7,9-10,12,17-19H,2-4,6,8,11,13,26H2,1H3,(H,28,30)/t17-,18?,19?/m0/s1. The molecule has 2 unspecified atom stereocenters. The number of rotatable bonds is 3. The van der Waals surface area contributed by atoms with Crippen LogP contribution in [-0.4, -0.2) is 29.0 Å². The van der Waals surface area contributed by atoms with Crippen molar-refractivity contribution in [2.45, 2.75) is 70.0 Å². The molecule has 0 radical (unpaired) electrons. The molecule has 1 aliphatic carbocycles. The summed E-state index contributed by atoms with van der Waals surface area (Å²) >= 11 is 1.39. The molecule has 2 aromatic heterocycles. The van der Waals surface area contributed by atoms with Gasteiger partial charge in [-0.25, -0.2) is 4.98 Å². The monoisotopic (exact) mass is 432 g/mol. The second kappa shape index (κ2) is 7.23. The van der Waals surface area contributed by atoms with Crippen LogP contribution in [0.5, 0.6) is 0 Å². The highest BCUT2D eigenvalue weighted by Gasteiger charge is 2.41. The van der Waals surface area contributed by atoms with Crippen LogP contribution in [0.15, 0.2) is 30.3 Å². The third kappa shape index (κ3) is 3.19. The largest absolute Gasteiger partial charge is 0.397 e. The molecule has 3 aliphatic rings.